The molecule has 2 aromatic heterocycles. The number of hydrogen-bond donors (Lipinski definition) is 3. The maximum atomic E-state index is 15.1. The van der Waals surface area contributed by atoms with Gasteiger partial charge < -0.3 is 15.4 Å². The first kappa shape index (κ1) is 28.2. The van der Waals surface area contributed by atoms with Gasteiger partial charge in [0.1, 0.15) is 0 Å². The lowest BCUT2D eigenvalue weighted by Crippen LogP contribution is -2.38. The van der Waals surface area contributed by atoms with E-state index in [0.29, 0.717) is 29.5 Å². The van der Waals surface area contributed by atoms with Gasteiger partial charge in [0.05, 0.1) is 22.7 Å². The summed E-state index contributed by atoms with van der Waals surface area (Å²) < 4.78 is 63.0. The molecule has 1 unspecified atom stereocenters. The second kappa shape index (κ2) is 12.9. The monoisotopic (exact) mass is 572 g/mol. The van der Waals surface area contributed by atoms with Crippen LogP contribution in [0.1, 0.15) is 51.4 Å². The Morgan fingerprint density at radius 2 is 1.82 bits per heavy atom. The minimum atomic E-state index is -3.84. The van der Waals surface area contributed by atoms with E-state index in [4.69, 9.17) is 4.74 Å². The van der Waals surface area contributed by atoms with Crippen molar-refractivity contribution in [2.45, 2.75) is 57.4 Å². The van der Waals surface area contributed by atoms with E-state index in [1.165, 1.54) is 18.7 Å². The molecule has 214 valence electrons. The summed E-state index contributed by atoms with van der Waals surface area (Å²) in [7, 11) is -3.84. The first-order valence-electron chi connectivity index (χ1n) is 13.8. The van der Waals surface area contributed by atoms with E-state index < -0.39 is 33.1 Å². The average molecular weight is 573 g/mol. The van der Waals surface area contributed by atoms with Crippen LogP contribution in [0.4, 0.5) is 20.4 Å². The highest BCUT2D eigenvalue weighted by Crippen LogP contribution is 2.34. The van der Waals surface area contributed by atoms with Gasteiger partial charge in [-0.3, -0.25) is 4.72 Å². The van der Waals surface area contributed by atoms with Crippen LogP contribution in [0.25, 0.3) is 11.3 Å². The van der Waals surface area contributed by atoms with Crippen molar-refractivity contribution in [2.24, 2.45) is 5.92 Å². The Morgan fingerprint density at radius 3 is 2.62 bits per heavy atom. The fraction of sp³-hybridized carbons (Fsp3) is 0.464. The molecule has 1 saturated carbocycles. The predicted molar refractivity (Wildman–Crippen MR) is 150 cm³/mol. The van der Waals surface area contributed by atoms with Gasteiger partial charge in [-0.1, -0.05) is 32.1 Å². The van der Waals surface area contributed by atoms with E-state index in [0.717, 1.165) is 57.7 Å². The summed E-state index contributed by atoms with van der Waals surface area (Å²) >= 11 is 0. The molecule has 3 N–H and O–H groups in total. The molecule has 2 aliphatic rings. The number of benzene rings is 1. The van der Waals surface area contributed by atoms with Crippen LogP contribution in [0.15, 0.2) is 42.7 Å². The zero-order valence-corrected chi connectivity index (χ0v) is 23.0. The Hall–Kier alpha value is -3.38. The van der Waals surface area contributed by atoms with Crippen molar-refractivity contribution in [2.75, 3.05) is 28.9 Å². The number of nitrogens with zero attached hydrogens (tertiary/aromatic N) is 3. The van der Waals surface area contributed by atoms with Crippen LogP contribution in [-0.4, -0.2) is 48.3 Å². The van der Waals surface area contributed by atoms with Crippen LogP contribution in [0.2, 0.25) is 0 Å². The maximum Gasteiger partial charge on any atom is 0.232 e. The maximum absolute atomic E-state index is 15.1. The molecule has 2 fully saturated rings. The van der Waals surface area contributed by atoms with Crippen LogP contribution in [0, 0.1) is 17.6 Å². The molecule has 5 rings (SSSR count). The molecule has 0 amide bonds. The van der Waals surface area contributed by atoms with Crippen LogP contribution in [0.3, 0.4) is 0 Å². The molecule has 12 heteroatoms. The molecule has 0 radical (unpaired) electrons. The number of sulfonamides is 1. The van der Waals surface area contributed by atoms with Gasteiger partial charge in [0.15, 0.2) is 11.6 Å². The van der Waals surface area contributed by atoms with Gasteiger partial charge >= 0.3 is 0 Å². The smallest absolute Gasteiger partial charge is 0.232 e. The minimum Gasteiger partial charge on any atom is -0.435 e. The molecule has 1 aliphatic heterocycles. The number of halogens is 2. The number of anilines is 2. The van der Waals surface area contributed by atoms with Gasteiger partial charge in [-0.15, -0.1) is 0 Å². The molecule has 9 nitrogen and oxygen atoms in total. The number of pyridine rings is 1. The molecule has 0 spiro atoms. The highest BCUT2D eigenvalue weighted by molar-refractivity contribution is 7.92. The third kappa shape index (κ3) is 7.22. The Bertz CT molecular complexity index is 1410. The number of nitrogens with one attached hydrogen (secondary N) is 3. The number of aromatic nitrogens is 3. The topological polar surface area (TPSA) is 118 Å². The SMILES string of the molecule is O=S(=O)(CCC1CCCCC1)Nc1ccc(Oc2ncccc2-c2ccnc(NC3CCCNC3)n2)c(F)c1F. The summed E-state index contributed by atoms with van der Waals surface area (Å²) in [5.74, 6) is -2.42. The van der Waals surface area contributed by atoms with Crippen molar-refractivity contribution in [3.63, 3.8) is 0 Å². The lowest BCUT2D eigenvalue weighted by molar-refractivity contribution is 0.350. The van der Waals surface area contributed by atoms with Gasteiger partial charge in [-0.2, -0.15) is 4.39 Å². The molecule has 3 aromatic rings. The van der Waals surface area contributed by atoms with Crippen LogP contribution in [0.5, 0.6) is 11.6 Å². The lowest BCUT2D eigenvalue weighted by atomic mass is 9.88. The van der Waals surface area contributed by atoms with Crippen molar-refractivity contribution >= 4 is 21.7 Å². The lowest BCUT2D eigenvalue weighted by Gasteiger charge is -2.23. The van der Waals surface area contributed by atoms with Gasteiger partial charge in [-0.05, 0) is 62.1 Å². The van der Waals surface area contributed by atoms with Gasteiger partial charge in [-0.25, -0.2) is 27.8 Å². The van der Waals surface area contributed by atoms with E-state index in [-0.39, 0.29) is 17.7 Å². The summed E-state index contributed by atoms with van der Waals surface area (Å²) in [4.78, 5) is 13.1. The number of rotatable bonds is 10. The molecule has 1 aliphatic carbocycles. The summed E-state index contributed by atoms with van der Waals surface area (Å²) in [5, 5.41) is 6.65. The molecule has 40 heavy (non-hydrogen) atoms. The fourth-order valence-corrected chi connectivity index (χ4v) is 6.45. The van der Waals surface area contributed by atoms with Crippen molar-refractivity contribution < 1.29 is 21.9 Å². The average Bonchev–Trinajstić information content (AvgIpc) is 2.97. The zero-order valence-electron chi connectivity index (χ0n) is 22.2. The number of hydrogen-bond acceptors (Lipinski definition) is 8. The molecule has 0 bridgehead atoms. The van der Waals surface area contributed by atoms with Crippen molar-refractivity contribution in [3.8, 4) is 22.9 Å². The molecule has 1 saturated heterocycles. The summed E-state index contributed by atoms with van der Waals surface area (Å²) in [6, 6.07) is 7.60. The van der Waals surface area contributed by atoms with Crippen LogP contribution in [-0.2, 0) is 10.0 Å². The Balaban J connectivity index is 1.29. The molecule has 3 heterocycles. The van der Waals surface area contributed by atoms with E-state index >= 15 is 4.39 Å². The zero-order chi connectivity index (χ0) is 28.0. The Labute approximate surface area is 233 Å². The highest BCUT2D eigenvalue weighted by Gasteiger charge is 2.23. The van der Waals surface area contributed by atoms with Crippen molar-refractivity contribution in [1.82, 2.24) is 20.3 Å². The second-order valence-electron chi connectivity index (χ2n) is 10.4. The van der Waals surface area contributed by atoms with E-state index in [9.17, 15) is 12.8 Å². The van der Waals surface area contributed by atoms with Gasteiger partial charge in [0.2, 0.25) is 27.7 Å². The Kier molecular flexibility index (Phi) is 9.05. The molecular formula is C28H34F2N6O3S. The van der Waals surface area contributed by atoms with Crippen molar-refractivity contribution in [3.05, 3.63) is 54.4 Å². The quantitative estimate of drug-likeness (QED) is 0.292. The minimum absolute atomic E-state index is 0.0191. The van der Waals surface area contributed by atoms with E-state index in [2.05, 4.69) is 30.3 Å². The van der Waals surface area contributed by atoms with Crippen molar-refractivity contribution in [1.29, 1.82) is 0 Å². The normalized spacial score (nSPS) is 18.3. The van der Waals surface area contributed by atoms with Gasteiger partial charge in [0, 0.05) is 25.0 Å². The van der Waals surface area contributed by atoms with Crippen LogP contribution < -0.4 is 20.1 Å². The largest absolute Gasteiger partial charge is 0.435 e. The standard InChI is InChI=1S/C28H34F2N6O3S/c29-25-23(36-40(37,38)17-13-19-6-2-1-3-7-19)10-11-24(26(25)30)39-27-21(9-5-15-32-27)22-12-16-33-28(35-22)34-20-8-4-14-31-18-20/h5,9-12,15-16,19-20,31,36H,1-4,6-8,13-14,17-18H2,(H,33,34,35). The first-order chi connectivity index (χ1) is 19.4. The second-order valence-corrected chi connectivity index (χ2v) is 12.2. The first-order valence-corrected chi connectivity index (χ1v) is 15.5. The predicted octanol–water partition coefficient (Wildman–Crippen LogP) is 5.49. The third-order valence-electron chi connectivity index (χ3n) is 7.37. The fourth-order valence-electron chi connectivity index (χ4n) is 5.21. The van der Waals surface area contributed by atoms with Gasteiger partial charge in [0.25, 0.3) is 0 Å². The Morgan fingerprint density at radius 1 is 0.975 bits per heavy atom. The summed E-state index contributed by atoms with van der Waals surface area (Å²) in [5.41, 5.74) is 0.494. The summed E-state index contributed by atoms with van der Waals surface area (Å²) in [6.07, 6.45) is 11.0. The van der Waals surface area contributed by atoms with Crippen LogP contribution >= 0.6 is 0 Å². The van der Waals surface area contributed by atoms with E-state index in [1.807, 2.05) is 0 Å². The molecule has 1 aromatic carbocycles. The molecule has 1 atom stereocenters. The van der Waals surface area contributed by atoms with E-state index in [1.54, 1.807) is 24.4 Å². The third-order valence-corrected chi connectivity index (χ3v) is 8.68. The number of piperidine rings is 1. The summed E-state index contributed by atoms with van der Waals surface area (Å²) in [6.45, 7) is 1.80. The number of ether oxygens (including phenoxy) is 1. The highest BCUT2D eigenvalue weighted by atomic mass is 32.2. The molecular weight excluding hydrogens is 538 g/mol.